The number of hydrogen-bond donors (Lipinski definition) is 2. The number of nitrogens with zero attached hydrogens (tertiary/aromatic N) is 3. The number of guanidine groups is 1. The largest absolute Gasteiger partial charge is 0.464 e. The van der Waals surface area contributed by atoms with E-state index in [9.17, 15) is 0 Å². The van der Waals surface area contributed by atoms with E-state index in [1.807, 2.05) is 45.0 Å². The molecule has 2 aromatic heterocycles. The number of hydrogen-bond acceptors (Lipinski definition) is 5. The molecular formula is C19H23ClIN5O2. The number of furan rings is 1. The van der Waals surface area contributed by atoms with Crippen LogP contribution >= 0.6 is 35.6 Å². The molecule has 0 radical (unpaired) electrons. The smallest absolute Gasteiger partial charge is 0.248 e. The second-order valence-electron chi connectivity index (χ2n) is 6.03. The van der Waals surface area contributed by atoms with E-state index in [1.54, 1.807) is 12.1 Å². The van der Waals surface area contributed by atoms with Crippen molar-refractivity contribution in [3.63, 3.8) is 0 Å². The molecule has 0 saturated heterocycles. The molecule has 1 unspecified atom stereocenters. The molecule has 0 aliphatic rings. The minimum absolute atomic E-state index is 0. The van der Waals surface area contributed by atoms with Crippen molar-refractivity contribution in [2.24, 2.45) is 4.99 Å². The van der Waals surface area contributed by atoms with E-state index in [2.05, 4.69) is 25.8 Å². The quantitative estimate of drug-likeness (QED) is 0.280. The van der Waals surface area contributed by atoms with Gasteiger partial charge in [0.1, 0.15) is 18.1 Å². The SMILES string of the molecule is CCNC(=NCc1nc(-c2cccc(Cl)c2)no1)NC(C)c1ccc(C)o1.I. The predicted molar refractivity (Wildman–Crippen MR) is 120 cm³/mol. The Labute approximate surface area is 186 Å². The van der Waals surface area contributed by atoms with Crippen LogP contribution in [0.4, 0.5) is 0 Å². The summed E-state index contributed by atoms with van der Waals surface area (Å²) in [5.41, 5.74) is 0.799. The Morgan fingerprint density at radius 2 is 2.11 bits per heavy atom. The third-order valence-electron chi connectivity index (χ3n) is 3.81. The number of rotatable bonds is 6. The van der Waals surface area contributed by atoms with Crippen molar-refractivity contribution < 1.29 is 8.94 Å². The van der Waals surface area contributed by atoms with Gasteiger partial charge in [0.05, 0.1) is 6.04 Å². The third kappa shape index (κ3) is 5.96. The van der Waals surface area contributed by atoms with Crippen LogP contribution in [0, 0.1) is 6.92 Å². The molecule has 0 amide bonds. The Morgan fingerprint density at radius 1 is 1.29 bits per heavy atom. The van der Waals surface area contributed by atoms with E-state index >= 15 is 0 Å². The van der Waals surface area contributed by atoms with Crippen molar-refractivity contribution in [2.45, 2.75) is 33.4 Å². The highest BCUT2D eigenvalue weighted by atomic mass is 127. The van der Waals surface area contributed by atoms with Crippen molar-refractivity contribution in [3.05, 3.63) is 58.8 Å². The molecular weight excluding hydrogens is 493 g/mol. The molecule has 7 nitrogen and oxygen atoms in total. The van der Waals surface area contributed by atoms with E-state index in [-0.39, 0.29) is 36.6 Å². The van der Waals surface area contributed by atoms with Gasteiger partial charge in [-0.1, -0.05) is 28.9 Å². The van der Waals surface area contributed by atoms with Crippen molar-refractivity contribution in [1.82, 2.24) is 20.8 Å². The number of aromatic nitrogens is 2. The standard InChI is InChI=1S/C19H22ClN5O2.HI/c1-4-21-19(23-13(3)16-9-8-12(2)26-16)22-11-17-24-18(25-27-17)14-6-5-7-15(20)10-14;/h5-10,13H,4,11H2,1-3H3,(H2,21,22,23);1H. The van der Waals surface area contributed by atoms with Crippen LogP contribution in [0.3, 0.4) is 0 Å². The first-order valence-electron chi connectivity index (χ1n) is 8.75. The summed E-state index contributed by atoms with van der Waals surface area (Å²) in [6.45, 7) is 6.92. The summed E-state index contributed by atoms with van der Waals surface area (Å²) >= 11 is 6.01. The Kier molecular flexibility index (Phi) is 8.31. The van der Waals surface area contributed by atoms with Crippen LogP contribution in [0.15, 0.2) is 50.3 Å². The Balaban J connectivity index is 0.00000280. The van der Waals surface area contributed by atoms with Crippen LogP contribution < -0.4 is 10.6 Å². The van der Waals surface area contributed by atoms with E-state index in [0.717, 1.165) is 23.6 Å². The zero-order chi connectivity index (χ0) is 19.2. The van der Waals surface area contributed by atoms with Crippen molar-refractivity contribution in [1.29, 1.82) is 0 Å². The monoisotopic (exact) mass is 515 g/mol. The van der Waals surface area contributed by atoms with Gasteiger partial charge in [-0.3, -0.25) is 0 Å². The van der Waals surface area contributed by atoms with E-state index in [4.69, 9.17) is 20.5 Å². The molecule has 2 heterocycles. The van der Waals surface area contributed by atoms with Crippen LogP contribution in [0.1, 0.15) is 37.3 Å². The third-order valence-corrected chi connectivity index (χ3v) is 4.04. The molecule has 0 spiro atoms. The molecule has 2 N–H and O–H groups in total. The summed E-state index contributed by atoms with van der Waals surface area (Å²) in [4.78, 5) is 8.89. The molecule has 28 heavy (non-hydrogen) atoms. The van der Waals surface area contributed by atoms with Crippen LogP contribution in [-0.4, -0.2) is 22.6 Å². The fourth-order valence-corrected chi connectivity index (χ4v) is 2.68. The Morgan fingerprint density at radius 3 is 2.79 bits per heavy atom. The Hall–Kier alpha value is -2.07. The maximum absolute atomic E-state index is 6.01. The minimum atomic E-state index is -0.0267. The molecule has 1 aromatic carbocycles. The van der Waals surface area contributed by atoms with Gasteiger partial charge in [0, 0.05) is 17.1 Å². The first kappa shape index (κ1) is 22.2. The lowest BCUT2D eigenvalue weighted by Crippen LogP contribution is -2.38. The lowest BCUT2D eigenvalue weighted by atomic mass is 10.2. The summed E-state index contributed by atoms with van der Waals surface area (Å²) in [6, 6.07) is 11.2. The van der Waals surface area contributed by atoms with Gasteiger partial charge in [-0.25, -0.2) is 4.99 Å². The summed E-state index contributed by atoms with van der Waals surface area (Å²) in [6.07, 6.45) is 0. The van der Waals surface area contributed by atoms with Gasteiger partial charge in [0.25, 0.3) is 0 Å². The average molecular weight is 516 g/mol. The van der Waals surface area contributed by atoms with Gasteiger partial charge in [-0.2, -0.15) is 4.98 Å². The molecule has 150 valence electrons. The van der Waals surface area contributed by atoms with Gasteiger partial charge in [0.15, 0.2) is 5.96 Å². The zero-order valence-electron chi connectivity index (χ0n) is 15.9. The second-order valence-corrected chi connectivity index (χ2v) is 6.47. The maximum atomic E-state index is 6.01. The fourth-order valence-electron chi connectivity index (χ4n) is 2.49. The highest BCUT2D eigenvalue weighted by Crippen LogP contribution is 2.20. The predicted octanol–water partition coefficient (Wildman–Crippen LogP) is 4.73. The summed E-state index contributed by atoms with van der Waals surface area (Å²) in [5.74, 6) is 3.27. The van der Waals surface area contributed by atoms with E-state index < -0.39 is 0 Å². The van der Waals surface area contributed by atoms with Gasteiger partial charge in [0.2, 0.25) is 11.7 Å². The van der Waals surface area contributed by atoms with Crippen molar-refractivity contribution in [2.75, 3.05) is 6.54 Å². The molecule has 0 saturated carbocycles. The second kappa shape index (κ2) is 10.5. The first-order valence-corrected chi connectivity index (χ1v) is 9.12. The Bertz CT molecular complexity index is 924. The molecule has 1 atom stereocenters. The summed E-state index contributed by atoms with van der Waals surface area (Å²) in [7, 11) is 0. The number of aliphatic imine (C=N–C) groups is 1. The van der Waals surface area contributed by atoms with Crippen molar-refractivity contribution in [3.8, 4) is 11.4 Å². The molecule has 0 bridgehead atoms. The highest BCUT2D eigenvalue weighted by Gasteiger charge is 2.12. The van der Waals surface area contributed by atoms with Gasteiger partial charge >= 0.3 is 0 Å². The van der Waals surface area contributed by atoms with E-state index in [0.29, 0.717) is 22.7 Å². The van der Waals surface area contributed by atoms with E-state index in [1.165, 1.54) is 0 Å². The normalized spacial score (nSPS) is 12.4. The first-order chi connectivity index (χ1) is 13.0. The number of aryl methyl sites for hydroxylation is 1. The van der Waals surface area contributed by atoms with Crippen LogP contribution in [0.2, 0.25) is 5.02 Å². The highest BCUT2D eigenvalue weighted by molar-refractivity contribution is 14.0. The molecule has 9 heteroatoms. The summed E-state index contributed by atoms with van der Waals surface area (Å²) in [5, 5.41) is 11.1. The molecule has 3 rings (SSSR count). The average Bonchev–Trinajstić information content (AvgIpc) is 3.29. The lowest BCUT2D eigenvalue weighted by molar-refractivity contribution is 0.380. The van der Waals surface area contributed by atoms with Crippen molar-refractivity contribution >= 4 is 41.5 Å². The molecule has 0 aliphatic carbocycles. The van der Waals surface area contributed by atoms with Crippen LogP contribution in [0.25, 0.3) is 11.4 Å². The lowest BCUT2D eigenvalue weighted by Gasteiger charge is -2.15. The van der Waals surface area contributed by atoms with Crippen LogP contribution in [0.5, 0.6) is 0 Å². The number of halogens is 2. The number of benzene rings is 1. The zero-order valence-corrected chi connectivity index (χ0v) is 19.0. The maximum Gasteiger partial charge on any atom is 0.248 e. The molecule has 0 fully saturated rings. The van der Waals surface area contributed by atoms with Gasteiger partial charge < -0.3 is 19.6 Å². The van der Waals surface area contributed by atoms with Gasteiger partial charge in [-0.15, -0.1) is 24.0 Å². The summed E-state index contributed by atoms with van der Waals surface area (Å²) < 4.78 is 10.9. The molecule has 3 aromatic rings. The topological polar surface area (TPSA) is 88.5 Å². The van der Waals surface area contributed by atoms with Crippen LogP contribution in [-0.2, 0) is 6.54 Å². The van der Waals surface area contributed by atoms with Gasteiger partial charge in [-0.05, 0) is 45.0 Å². The fraction of sp³-hybridized carbons (Fsp3) is 0.316. The molecule has 0 aliphatic heterocycles. The minimum Gasteiger partial charge on any atom is -0.464 e. The number of nitrogens with one attached hydrogen (secondary N) is 2.